The molecule has 1 N–H and O–H groups in total. The molecule has 1 aliphatic rings. The van der Waals surface area contributed by atoms with Gasteiger partial charge >= 0.3 is 0 Å². The van der Waals surface area contributed by atoms with Crippen molar-refractivity contribution in [3.8, 4) is 5.75 Å². The van der Waals surface area contributed by atoms with Gasteiger partial charge in [-0.15, -0.1) is 0 Å². The number of fused-ring (bicyclic) bond motifs is 1. The molecule has 0 saturated heterocycles. The fourth-order valence-corrected chi connectivity index (χ4v) is 3.10. The van der Waals surface area contributed by atoms with Crippen molar-refractivity contribution in [1.82, 2.24) is 0 Å². The topological polar surface area (TPSA) is 58.6 Å². The Morgan fingerprint density at radius 2 is 1.77 bits per heavy atom. The lowest BCUT2D eigenvalue weighted by Crippen LogP contribution is -2.52. The predicted molar refractivity (Wildman–Crippen MR) is 103 cm³/mol. The summed E-state index contributed by atoms with van der Waals surface area (Å²) >= 11 is 0. The lowest BCUT2D eigenvalue weighted by molar-refractivity contribution is -0.128. The van der Waals surface area contributed by atoms with Gasteiger partial charge in [-0.25, -0.2) is 0 Å². The second kappa shape index (κ2) is 6.83. The summed E-state index contributed by atoms with van der Waals surface area (Å²) in [7, 11) is 0. The monoisotopic (exact) mass is 352 g/mol. The maximum absolute atomic E-state index is 12.9. The van der Waals surface area contributed by atoms with Gasteiger partial charge in [0, 0.05) is 5.69 Å². The molecule has 0 aromatic heterocycles. The number of benzene rings is 2. The Morgan fingerprint density at radius 3 is 2.50 bits per heavy atom. The smallest absolute Gasteiger partial charge is 0.268 e. The van der Waals surface area contributed by atoms with E-state index in [0.717, 1.165) is 22.4 Å². The number of carbonyl (C=O) groups is 2. The van der Waals surface area contributed by atoms with Gasteiger partial charge in [-0.3, -0.25) is 14.5 Å². The summed E-state index contributed by atoms with van der Waals surface area (Å²) < 4.78 is 5.69. The number of nitrogens with zero attached hydrogens (tertiary/aromatic N) is 1. The van der Waals surface area contributed by atoms with Crippen LogP contribution in [0, 0.1) is 20.8 Å². The first-order valence-corrected chi connectivity index (χ1v) is 8.76. The molecule has 2 unspecified atom stereocenters. The van der Waals surface area contributed by atoms with Crippen molar-refractivity contribution in [2.24, 2.45) is 0 Å². The van der Waals surface area contributed by atoms with Crippen LogP contribution in [0.4, 0.5) is 11.4 Å². The van der Waals surface area contributed by atoms with Crippen LogP contribution in [-0.4, -0.2) is 24.0 Å². The summed E-state index contributed by atoms with van der Waals surface area (Å²) in [5.74, 6) is 0.175. The number of aryl methyl sites for hydroxylation is 3. The molecule has 2 aromatic carbocycles. The van der Waals surface area contributed by atoms with Crippen molar-refractivity contribution in [3.05, 3.63) is 53.1 Å². The standard InChI is InChI=1S/C21H24N2O3/c1-12-6-8-14(3)17(10-12)22-20(24)15(4)23-18-11-13(2)7-9-19(18)26-16(5)21(23)25/h6-11,15-16H,1-5H3,(H,22,24). The molecule has 0 radical (unpaired) electrons. The fraction of sp³-hybridized carbons (Fsp3) is 0.333. The van der Waals surface area contributed by atoms with Crippen LogP contribution in [0.3, 0.4) is 0 Å². The number of hydrogen-bond acceptors (Lipinski definition) is 3. The summed E-state index contributed by atoms with van der Waals surface area (Å²) in [6, 6.07) is 10.9. The van der Waals surface area contributed by atoms with E-state index in [9.17, 15) is 9.59 Å². The maximum atomic E-state index is 12.9. The minimum absolute atomic E-state index is 0.216. The van der Waals surface area contributed by atoms with Gasteiger partial charge in [-0.1, -0.05) is 18.2 Å². The van der Waals surface area contributed by atoms with E-state index < -0.39 is 12.1 Å². The molecule has 0 bridgehead atoms. The summed E-state index contributed by atoms with van der Waals surface area (Å²) in [4.78, 5) is 27.2. The molecule has 2 aromatic rings. The van der Waals surface area contributed by atoms with E-state index in [4.69, 9.17) is 4.74 Å². The molecule has 2 amide bonds. The first-order valence-electron chi connectivity index (χ1n) is 8.76. The quantitative estimate of drug-likeness (QED) is 0.915. The molecule has 0 fully saturated rings. The van der Waals surface area contributed by atoms with Gasteiger partial charge in [0.05, 0.1) is 5.69 Å². The molecule has 1 heterocycles. The number of rotatable bonds is 3. The summed E-state index contributed by atoms with van der Waals surface area (Å²) in [6.45, 7) is 9.31. The number of nitrogens with one attached hydrogen (secondary N) is 1. The Bertz CT molecular complexity index is 876. The zero-order chi connectivity index (χ0) is 19.0. The highest BCUT2D eigenvalue weighted by Gasteiger charge is 2.37. The van der Waals surface area contributed by atoms with Gasteiger partial charge in [-0.05, 0) is 69.5 Å². The van der Waals surface area contributed by atoms with Gasteiger partial charge in [-0.2, -0.15) is 0 Å². The fourth-order valence-electron chi connectivity index (χ4n) is 3.10. The molecule has 0 spiro atoms. The molecule has 1 aliphatic heterocycles. The summed E-state index contributed by atoms with van der Waals surface area (Å²) in [6.07, 6.45) is -0.624. The Labute approximate surface area is 154 Å². The van der Waals surface area contributed by atoms with Crippen LogP contribution in [0.1, 0.15) is 30.5 Å². The van der Waals surface area contributed by atoms with E-state index in [1.54, 1.807) is 13.8 Å². The van der Waals surface area contributed by atoms with Crippen LogP contribution in [0.25, 0.3) is 0 Å². The van der Waals surface area contributed by atoms with Crippen LogP contribution in [0.5, 0.6) is 5.75 Å². The van der Waals surface area contributed by atoms with Crippen molar-refractivity contribution in [2.75, 3.05) is 10.2 Å². The molecule has 2 atom stereocenters. The van der Waals surface area contributed by atoms with Crippen molar-refractivity contribution in [1.29, 1.82) is 0 Å². The number of ether oxygens (including phenoxy) is 1. The zero-order valence-electron chi connectivity index (χ0n) is 15.8. The highest BCUT2D eigenvalue weighted by molar-refractivity contribution is 6.08. The van der Waals surface area contributed by atoms with Crippen LogP contribution in [0.2, 0.25) is 0 Å². The largest absolute Gasteiger partial charge is 0.479 e. The first-order chi connectivity index (χ1) is 12.3. The van der Waals surface area contributed by atoms with Gasteiger partial charge in [0.25, 0.3) is 5.91 Å². The second-order valence-corrected chi connectivity index (χ2v) is 6.92. The van der Waals surface area contributed by atoms with Crippen LogP contribution in [0.15, 0.2) is 36.4 Å². The minimum Gasteiger partial charge on any atom is -0.479 e. The highest BCUT2D eigenvalue weighted by Crippen LogP contribution is 2.36. The molecule has 5 heteroatoms. The van der Waals surface area contributed by atoms with E-state index in [1.165, 1.54) is 4.90 Å². The third-order valence-corrected chi connectivity index (χ3v) is 4.68. The van der Waals surface area contributed by atoms with E-state index >= 15 is 0 Å². The Morgan fingerprint density at radius 1 is 1.12 bits per heavy atom. The van der Waals surface area contributed by atoms with E-state index in [2.05, 4.69) is 5.32 Å². The van der Waals surface area contributed by atoms with Crippen molar-refractivity contribution >= 4 is 23.2 Å². The van der Waals surface area contributed by atoms with E-state index in [1.807, 2.05) is 57.2 Å². The lowest BCUT2D eigenvalue weighted by Gasteiger charge is -2.36. The lowest BCUT2D eigenvalue weighted by atomic mass is 10.1. The average molecular weight is 352 g/mol. The van der Waals surface area contributed by atoms with E-state index in [-0.39, 0.29) is 11.8 Å². The molecule has 0 saturated carbocycles. The van der Waals surface area contributed by atoms with Crippen LogP contribution in [-0.2, 0) is 9.59 Å². The predicted octanol–water partition coefficient (Wildman–Crippen LogP) is 3.75. The molecular formula is C21H24N2O3. The molecule has 26 heavy (non-hydrogen) atoms. The second-order valence-electron chi connectivity index (χ2n) is 6.92. The van der Waals surface area contributed by atoms with Gasteiger partial charge in [0.15, 0.2) is 6.10 Å². The number of carbonyl (C=O) groups excluding carboxylic acids is 2. The number of anilines is 2. The van der Waals surface area contributed by atoms with Crippen molar-refractivity contribution in [2.45, 2.75) is 46.8 Å². The van der Waals surface area contributed by atoms with Crippen LogP contribution >= 0.6 is 0 Å². The normalized spacial score (nSPS) is 17.3. The SMILES string of the molecule is Cc1ccc(C)c(NC(=O)C(C)N2C(=O)C(C)Oc3ccc(C)cc32)c1. The Hall–Kier alpha value is -2.82. The molecule has 136 valence electrons. The van der Waals surface area contributed by atoms with E-state index in [0.29, 0.717) is 11.4 Å². The summed E-state index contributed by atoms with van der Waals surface area (Å²) in [5.41, 5.74) is 4.45. The van der Waals surface area contributed by atoms with Gasteiger partial charge in [0.1, 0.15) is 11.8 Å². The number of amides is 2. The Balaban J connectivity index is 1.92. The molecule has 5 nitrogen and oxygen atoms in total. The molecule has 0 aliphatic carbocycles. The van der Waals surface area contributed by atoms with Gasteiger partial charge in [0.2, 0.25) is 5.91 Å². The average Bonchev–Trinajstić information content (AvgIpc) is 2.59. The summed E-state index contributed by atoms with van der Waals surface area (Å²) in [5, 5.41) is 2.96. The maximum Gasteiger partial charge on any atom is 0.268 e. The third kappa shape index (κ3) is 3.29. The van der Waals surface area contributed by atoms with Crippen LogP contribution < -0.4 is 15.0 Å². The van der Waals surface area contributed by atoms with Crippen molar-refractivity contribution < 1.29 is 14.3 Å². The highest BCUT2D eigenvalue weighted by atomic mass is 16.5. The first kappa shape index (κ1) is 18.0. The molecular weight excluding hydrogens is 328 g/mol. The molecule has 3 rings (SSSR count). The zero-order valence-corrected chi connectivity index (χ0v) is 15.8. The Kier molecular flexibility index (Phi) is 4.72. The minimum atomic E-state index is -0.658. The van der Waals surface area contributed by atoms with Crippen molar-refractivity contribution in [3.63, 3.8) is 0 Å². The van der Waals surface area contributed by atoms with Gasteiger partial charge < -0.3 is 10.1 Å². The third-order valence-electron chi connectivity index (χ3n) is 4.68. The number of hydrogen-bond donors (Lipinski definition) is 1.